The van der Waals surface area contributed by atoms with E-state index in [1.54, 1.807) is 20.2 Å². The number of benzene rings is 3. The number of alkyl halides is 3. The number of carbonyl (C=O) groups is 2. The van der Waals surface area contributed by atoms with Crippen LogP contribution >= 0.6 is 23.2 Å². The van der Waals surface area contributed by atoms with Crippen molar-refractivity contribution in [2.75, 3.05) is 19.4 Å². The molecule has 2 amide bonds. The smallest absolute Gasteiger partial charge is 0.416 e. The number of rotatable bonds is 5. The van der Waals surface area contributed by atoms with Crippen LogP contribution in [-0.2, 0) is 6.18 Å². The van der Waals surface area contributed by atoms with Gasteiger partial charge >= 0.3 is 18.2 Å². The molecule has 0 heterocycles. The van der Waals surface area contributed by atoms with Crippen molar-refractivity contribution < 1.29 is 37.5 Å². The first-order valence-electron chi connectivity index (χ1n) is 10.4. The maximum atomic E-state index is 12.6. The zero-order chi connectivity index (χ0) is 28.8. The SMILES string of the molecule is Cc1ccc(NC(=O)N(C)C)cc1Cl.O=C(O)c1cc(Oc2ccc(C(F)(F)F)cc2Cl)ccc1[N+](=O)[O-]. The molecule has 0 atom stereocenters. The van der Waals surface area contributed by atoms with Gasteiger partial charge in [0.25, 0.3) is 5.69 Å². The van der Waals surface area contributed by atoms with Gasteiger partial charge in [-0.15, -0.1) is 0 Å². The fourth-order valence-corrected chi connectivity index (χ4v) is 3.10. The highest BCUT2D eigenvalue weighted by atomic mass is 35.5. The van der Waals surface area contributed by atoms with Crippen LogP contribution in [0.3, 0.4) is 0 Å². The number of anilines is 1. The highest BCUT2D eigenvalue weighted by molar-refractivity contribution is 6.32. The van der Waals surface area contributed by atoms with Gasteiger partial charge in [-0.3, -0.25) is 10.1 Å². The molecule has 0 fully saturated rings. The third-order valence-corrected chi connectivity index (χ3v) is 5.41. The summed E-state index contributed by atoms with van der Waals surface area (Å²) in [6.07, 6.45) is -4.58. The van der Waals surface area contributed by atoms with E-state index in [2.05, 4.69) is 5.32 Å². The van der Waals surface area contributed by atoms with Crippen molar-refractivity contribution in [1.82, 2.24) is 4.90 Å². The Morgan fingerprint density at radius 3 is 2.18 bits per heavy atom. The predicted octanol–water partition coefficient (Wildman–Crippen LogP) is 7.50. The van der Waals surface area contributed by atoms with E-state index in [9.17, 15) is 32.9 Å². The standard InChI is InChI=1S/C14H7ClF3NO5.C10H13ClN2O/c15-10-5-7(14(16,17)18)1-4-12(10)24-8-2-3-11(19(22)23)9(6-8)13(20)21;1-7-4-5-8(6-9(7)11)12-10(14)13(2)3/h1-6H,(H,20,21);4-6H,1-3H3,(H,12,14). The summed E-state index contributed by atoms with van der Waals surface area (Å²) < 4.78 is 42.9. The molecule has 0 bridgehead atoms. The number of aromatic carboxylic acids is 1. The van der Waals surface area contributed by atoms with E-state index < -0.39 is 33.9 Å². The molecule has 202 valence electrons. The summed E-state index contributed by atoms with van der Waals surface area (Å²) in [5.74, 6) is -1.83. The van der Waals surface area contributed by atoms with E-state index in [4.69, 9.17) is 33.0 Å². The molecule has 3 rings (SSSR count). The number of nitro groups is 1. The largest absolute Gasteiger partial charge is 0.477 e. The Labute approximate surface area is 224 Å². The van der Waals surface area contributed by atoms with Crippen molar-refractivity contribution in [3.63, 3.8) is 0 Å². The lowest BCUT2D eigenvalue weighted by molar-refractivity contribution is -0.385. The summed E-state index contributed by atoms with van der Waals surface area (Å²) in [5.41, 5.74) is -0.544. The van der Waals surface area contributed by atoms with Crippen LogP contribution in [0.25, 0.3) is 0 Å². The summed E-state index contributed by atoms with van der Waals surface area (Å²) in [6, 6.07) is 10.5. The third kappa shape index (κ3) is 8.25. The average Bonchev–Trinajstić information content (AvgIpc) is 2.82. The van der Waals surface area contributed by atoms with Crippen LogP contribution in [0.15, 0.2) is 54.6 Å². The highest BCUT2D eigenvalue weighted by Gasteiger charge is 2.31. The molecular weight excluding hydrogens is 554 g/mol. The molecule has 3 aromatic carbocycles. The van der Waals surface area contributed by atoms with Crippen molar-refractivity contribution in [2.45, 2.75) is 13.1 Å². The van der Waals surface area contributed by atoms with Crippen molar-refractivity contribution in [2.24, 2.45) is 0 Å². The summed E-state index contributed by atoms with van der Waals surface area (Å²) >= 11 is 11.6. The molecule has 38 heavy (non-hydrogen) atoms. The van der Waals surface area contributed by atoms with Crippen LogP contribution in [0.2, 0.25) is 10.0 Å². The number of amides is 2. The number of carbonyl (C=O) groups excluding carboxylic acids is 1. The molecule has 3 aromatic rings. The summed E-state index contributed by atoms with van der Waals surface area (Å²) in [6.45, 7) is 1.92. The van der Waals surface area contributed by atoms with Gasteiger partial charge in [-0.2, -0.15) is 13.2 Å². The Hall–Kier alpha value is -4.03. The van der Waals surface area contributed by atoms with Gasteiger partial charge in [-0.05, 0) is 48.9 Å². The van der Waals surface area contributed by atoms with Gasteiger partial charge in [0.05, 0.1) is 15.5 Å². The topological polar surface area (TPSA) is 122 Å². The maximum Gasteiger partial charge on any atom is 0.416 e. The molecule has 0 aliphatic heterocycles. The monoisotopic (exact) mass is 573 g/mol. The van der Waals surface area contributed by atoms with Crippen LogP contribution in [0, 0.1) is 17.0 Å². The Morgan fingerprint density at radius 1 is 1.03 bits per heavy atom. The van der Waals surface area contributed by atoms with Gasteiger partial charge in [0.15, 0.2) is 0 Å². The number of nitrogens with zero attached hydrogens (tertiary/aromatic N) is 2. The number of aryl methyl sites for hydroxylation is 1. The Morgan fingerprint density at radius 2 is 1.68 bits per heavy atom. The fourth-order valence-electron chi connectivity index (χ4n) is 2.70. The van der Waals surface area contributed by atoms with E-state index in [1.807, 2.05) is 19.1 Å². The number of nitro benzene ring substituents is 1. The minimum atomic E-state index is -4.58. The number of ether oxygens (including phenoxy) is 1. The van der Waals surface area contributed by atoms with Gasteiger partial charge in [-0.1, -0.05) is 29.3 Å². The van der Waals surface area contributed by atoms with Crippen molar-refractivity contribution in [3.05, 3.63) is 91.4 Å². The second kappa shape index (κ2) is 12.5. The first kappa shape index (κ1) is 30.2. The first-order valence-corrected chi connectivity index (χ1v) is 11.2. The molecule has 0 saturated carbocycles. The van der Waals surface area contributed by atoms with Gasteiger partial charge in [-0.25, -0.2) is 9.59 Å². The van der Waals surface area contributed by atoms with E-state index in [-0.39, 0.29) is 22.6 Å². The number of carboxylic acid groups (broad SMARTS) is 1. The maximum absolute atomic E-state index is 12.6. The lowest BCUT2D eigenvalue weighted by Crippen LogP contribution is -2.27. The quantitative estimate of drug-likeness (QED) is 0.240. The zero-order valence-electron chi connectivity index (χ0n) is 20.0. The van der Waals surface area contributed by atoms with Crippen LogP contribution in [0.5, 0.6) is 11.5 Å². The van der Waals surface area contributed by atoms with Gasteiger partial charge in [0.2, 0.25) is 0 Å². The van der Waals surface area contributed by atoms with Crippen molar-refractivity contribution in [1.29, 1.82) is 0 Å². The van der Waals surface area contributed by atoms with E-state index >= 15 is 0 Å². The lowest BCUT2D eigenvalue weighted by atomic mass is 10.1. The van der Waals surface area contributed by atoms with Crippen LogP contribution < -0.4 is 10.1 Å². The molecule has 0 aliphatic rings. The second-order valence-corrected chi connectivity index (χ2v) is 8.59. The molecule has 0 aromatic heterocycles. The molecule has 14 heteroatoms. The molecule has 0 unspecified atom stereocenters. The van der Waals surface area contributed by atoms with Gasteiger partial charge in [0, 0.05) is 36.9 Å². The number of urea groups is 1. The highest BCUT2D eigenvalue weighted by Crippen LogP contribution is 2.37. The van der Waals surface area contributed by atoms with E-state index in [1.165, 1.54) is 4.90 Å². The predicted molar refractivity (Wildman–Crippen MR) is 135 cm³/mol. The third-order valence-electron chi connectivity index (χ3n) is 4.71. The normalized spacial score (nSPS) is 10.6. The Balaban J connectivity index is 0.000000308. The molecule has 0 aliphatic carbocycles. The minimum absolute atomic E-state index is 0.125. The summed E-state index contributed by atoms with van der Waals surface area (Å²) in [4.78, 5) is 33.7. The second-order valence-electron chi connectivity index (χ2n) is 7.77. The lowest BCUT2D eigenvalue weighted by Gasteiger charge is -2.12. The van der Waals surface area contributed by atoms with Crippen LogP contribution in [0.1, 0.15) is 21.5 Å². The minimum Gasteiger partial charge on any atom is -0.477 e. The molecular formula is C24H20Cl2F3N3O6. The summed E-state index contributed by atoms with van der Waals surface area (Å²) in [5, 5.41) is 22.7. The fraction of sp³-hybridized carbons (Fsp3) is 0.167. The van der Waals surface area contributed by atoms with E-state index in [0.717, 1.165) is 35.9 Å². The number of hydrogen-bond acceptors (Lipinski definition) is 5. The van der Waals surface area contributed by atoms with Crippen molar-refractivity contribution in [3.8, 4) is 11.5 Å². The summed E-state index contributed by atoms with van der Waals surface area (Å²) in [7, 11) is 3.37. The Bertz CT molecular complexity index is 1370. The van der Waals surface area contributed by atoms with Crippen LogP contribution in [-0.4, -0.2) is 41.0 Å². The molecule has 9 nitrogen and oxygen atoms in total. The van der Waals surface area contributed by atoms with Gasteiger partial charge in [0.1, 0.15) is 17.1 Å². The van der Waals surface area contributed by atoms with Crippen molar-refractivity contribution >= 4 is 46.6 Å². The average molecular weight is 574 g/mol. The number of halogens is 5. The molecule has 0 saturated heterocycles. The number of carboxylic acids is 1. The van der Waals surface area contributed by atoms with Gasteiger partial charge < -0.3 is 20.1 Å². The van der Waals surface area contributed by atoms with E-state index in [0.29, 0.717) is 16.8 Å². The van der Waals surface area contributed by atoms with Crippen LogP contribution in [0.4, 0.5) is 29.3 Å². The molecule has 2 N–H and O–H groups in total. The molecule has 0 spiro atoms. The Kier molecular flexibility index (Phi) is 9.91. The first-order chi connectivity index (χ1) is 17.6. The molecule has 0 radical (unpaired) electrons. The number of nitrogens with one attached hydrogen (secondary N) is 1. The number of hydrogen-bond donors (Lipinski definition) is 2. The zero-order valence-corrected chi connectivity index (χ0v) is 21.5.